The van der Waals surface area contributed by atoms with Crippen molar-refractivity contribution in [2.75, 3.05) is 43.0 Å². The maximum absolute atomic E-state index is 12.9. The molecule has 1 aliphatic heterocycles. The van der Waals surface area contributed by atoms with E-state index in [4.69, 9.17) is 0 Å². The van der Waals surface area contributed by atoms with E-state index in [1.54, 1.807) is 24.5 Å². The minimum absolute atomic E-state index is 0.0845. The van der Waals surface area contributed by atoms with Gasteiger partial charge < -0.3 is 14.7 Å². The SMILES string of the molecule is CN(c1ccccc1)c1cc(C(=O)N2CCN(c3ncccn3)CC2)ncn1. The molecule has 0 bridgehead atoms. The van der Waals surface area contributed by atoms with Crippen LogP contribution < -0.4 is 9.80 Å². The average molecular weight is 375 g/mol. The highest BCUT2D eigenvalue weighted by molar-refractivity contribution is 5.93. The van der Waals surface area contributed by atoms with E-state index in [1.165, 1.54) is 6.33 Å². The van der Waals surface area contributed by atoms with Gasteiger partial charge in [0.2, 0.25) is 5.95 Å². The largest absolute Gasteiger partial charge is 0.337 e. The van der Waals surface area contributed by atoms with Crippen molar-refractivity contribution in [1.29, 1.82) is 0 Å². The van der Waals surface area contributed by atoms with Crippen LogP contribution in [0.3, 0.4) is 0 Å². The van der Waals surface area contributed by atoms with Crippen molar-refractivity contribution in [2.24, 2.45) is 0 Å². The summed E-state index contributed by atoms with van der Waals surface area (Å²) >= 11 is 0. The Morgan fingerprint density at radius 1 is 0.929 bits per heavy atom. The molecule has 0 spiro atoms. The fourth-order valence-electron chi connectivity index (χ4n) is 3.16. The van der Waals surface area contributed by atoms with E-state index in [0.717, 1.165) is 5.69 Å². The first-order valence-corrected chi connectivity index (χ1v) is 9.14. The third-order valence-electron chi connectivity index (χ3n) is 4.76. The smallest absolute Gasteiger partial charge is 0.272 e. The molecule has 8 heteroatoms. The molecule has 0 aliphatic carbocycles. The van der Waals surface area contributed by atoms with Crippen molar-refractivity contribution < 1.29 is 4.79 Å². The number of aromatic nitrogens is 4. The first kappa shape index (κ1) is 17.8. The first-order valence-electron chi connectivity index (χ1n) is 9.14. The normalized spacial score (nSPS) is 14.0. The van der Waals surface area contributed by atoms with Crippen molar-refractivity contribution in [2.45, 2.75) is 0 Å². The van der Waals surface area contributed by atoms with Gasteiger partial charge in [-0.25, -0.2) is 19.9 Å². The third-order valence-corrected chi connectivity index (χ3v) is 4.76. The van der Waals surface area contributed by atoms with Gasteiger partial charge in [-0.2, -0.15) is 0 Å². The van der Waals surface area contributed by atoms with Crippen LogP contribution in [0.4, 0.5) is 17.5 Å². The Labute approximate surface area is 163 Å². The van der Waals surface area contributed by atoms with Crippen LogP contribution in [0.25, 0.3) is 0 Å². The Balaban J connectivity index is 1.44. The Morgan fingerprint density at radius 3 is 2.36 bits per heavy atom. The summed E-state index contributed by atoms with van der Waals surface area (Å²) in [6.07, 6.45) is 4.90. The molecule has 2 aromatic heterocycles. The predicted molar refractivity (Wildman–Crippen MR) is 107 cm³/mol. The van der Waals surface area contributed by atoms with Gasteiger partial charge in [0, 0.05) is 57.4 Å². The highest BCUT2D eigenvalue weighted by Gasteiger charge is 2.24. The number of carbonyl (C=O) groups is 1. The molecule has 3 heterocycles. The highest BCUT2D eigenvalue weighted by atomic mass is 16.2. The quantitative estimate of drug-likeness (QED) is 0.690. The fourth-order valence-corrected chi connectivity index (χ4v) is 3.16. The molecular weight excluding hydrogens is 354 g/mol. The number of carbonyl (C=O) groups excluding carboxylic acids is 1. The highest BCUT2D eigenvalue weighted by Crippen LogP contribution is 2.21. The van der Waals surface area contributed by atoms with E-state index in [0.29, 0.717) is 43.6 Å². The van der Waals surface area contributed by atoms with E-state index in [-0.39, 0.29) is 5.91 Å². The molecule has 0 radical (unpaired) electrons. The van der Waals surface area contributed by atoms with Crippen molar-refractivity contribution in [3.05, 3.63) is 66.9 Å². The zero-order valence-corrected chi connectivity index (χ0v) is 15.6. The van der Waals surface area contributed by atoms with E-state index < -0.39 is 0 Å². The topological polar surface area (TPSA) is 78.4 Å². The maximum Gasteiger partial charge on any atom is 0.272 e. The summed E-state index contributed by atoms with van der Waals surface area (Å²) in [4.78, 5) is 35.8. The molecule has 0 N–H and O–H groups in total. The van der Waals surface area contributed by atoms with Gasteiger partial charge in [0.1, 0.15) is 17.8 Å². The Morgan fingerprint density at radius 2 is 1.64 bits per heavy atom. The molecule has 142 valence electrons. The van der Waals surface area contributed by atoms with Crippen LogP contribution >= 0.6 is 0 Å². The van der Waals surface area contributed by atoms with Crippen LogP contribution in [0, 0.1) is 0 Å². The van der Waals surface area contributed by atoms with Gasteiger partial charge in [-0.3, -0.25) is 4.79 Å². The standard InChI is InChI=1S/C20H21N7O/c1-25(16-6-3-2-4-7-16)18-14-17(23-15-24-18)19(28)26-10-12-27(13-11-26)20-21-8-5-9-22-20/h2-9,14-15H,10-13H2,1H3. The molecule has 0 saturated carbocycles. The number of anilines is 3. The lowest BCUT2D eigenvalue weighted by molar-refractivity contribution is 0.0740. The summed E-state index contributed by atoms with van der Waals surface area (Å²) in [5, 5.41) is 0. The zero-order valence-electron chi connectivity index (χ0n) is 15.6. The van der Waals surface area contributed by atoms with Crippen molar-refractivity contribution in [1.82, 2.24) is 24.8 Å². The third kappa shape index (κ3) is 3.75. The maximum atomic E-state index is 12.9. The number of hydrogen-bond donors (Lipinski definition) is 0. The summed E-state index contributed by atoms with van der Waals surface area (Å²) in [6, 6.07) is 13.4. The van der Waals surface area contributed by atoms with E-state index in [2.05, 4.69) is 24.8 Å². The number of nitrogens with zero attached hydrogens (tertiary/aromatic N) is 7. The van der Waals surface area contributed by atoms with E-state index >= 15 is 0 Å². The molecule has 1 amide bonds. The number of piperazine rings is 1. The van der Waals surface area contributed by atoms with Gasteiger partial charge in [-0.05, 0) is 18.2 Å². The van der Waals surface area contributed by atoms with Gasteiger partial charge in [0.25, 0.3) is 5.91 Å². The van der Waals surface area contributed by atoms with Gasteiger partial charge in [0.05, 0.1) is 0 Å². The Bertz CT molecular complexity index is 928. The minimum Gasteiger partial charge on any atom is -0.337 e. The summed E-state index contributed by atoms with van der Waals surface area (Å²) < 4.78 is 0. The van der Waals surface area contributed by atoms with Gasteiger partial charge in [-0.1, -0.05) is 18.2 Å². The zero-order chi connectivity index (χ0) is 19.3. The number of para-hydroxylation sites is 1. The molecule has 1 aromatic carbocycles. The lowest BCUT2D eigenvalue weighted by atomic mass is 10.2. The van der Waals surface area contributed by atoms with Crippen LogP contribution in [0.1, 0.15) is 10.5 Å². The number of rotatable bonds is 4. The van der Waals surface area contributed by atoms with Crippen LogP contribution in [0.5, 0.6) is 0 Å². The van der Waals surface area contributed by atoms with Crippen LogP contribution in [-0.2, 0) is 0 Å². The van der Waals surface area contributed by atoms with Crippen molar-refractivity contribution in [3.8, 4) is 0 Å². The second-order valence-corrected chi connectivity index (χ2v) is 6.48. The van der Waals surface area contributed by atoms with Crippen LogP contribution in [0.2, 0.25) is 0 Å². The summed E-state index contributed by atoms with van der Waals surface area (Å²) in [6.45, 7) is 2.59. The van der Waals surface area contributed by atoms with Crippen LogP contribution in [-0.4, -0.2) is 64.0 Å². The molecular formula is C20H21N7O. The van der Waals surface area contributed by atoms with Gasteiger partial charge in [-0.15, -0.1) is 0 Å². The number of amides is 1. The molecule has 8 nitrogen and oxygen atoms in total. The second kappa shape index (κ2) is 7.99. The molecule has 0 unspecified atom stereocenters. The second-order valence-electron chi connectivity index (χ2n) is 6.48. The monoisotopic (exact) mass is 375 g/mol. The molecule has 28 heavy (non-hydrogen) atoms. The van der Waals surface area contributed by atoms with E-state index in [1.807, 2.05) is 47.2 Å². The van der Waals surface area contributed by atoms with Crippen LogP contribution in [0.15, 0.2) is 61.2 Å². The number of hydrogen-bond acceptors (Lipinski definition) is 7. The first-order chi connectivity index (χ1) is 13.7. The molecule has 1 fully saturated rings. The molecule has 4 rings (SSSR count). The average Bonchev–Trinajstić information content (AvgIpc) is 2.79. The van der Waals surface area contributed by atoms with Crippen molar-refractivity contribution in [3.63, 3.8) is 0 Å². The molecule has 3 aromatic rings. The minimum atomic E-state index is -0.0845. The fraction of sp³-hybridized carbons (Fsp3) is 0.250. The lowest BCUT2D eigenvalue weighted by Gasteiger charge is -2.34. The molecule has 1 saturated heterocycles. The van der Waals surface area contributed by atoms with Crippen molar-refractivity contribution >= 4 is 23.4 Å². The number of benzene rings is 1. The Hall–Kier alpha value is -3.55. The predicted octanol–water partition coefficient (Wildman–Crippen LogP) is 2.00. The Kier molecular flexibility index (Phi) is 5.09. The summed E-state index contributed by atoms with van der Waals surface area (Å²) in [7, 11) is 1.92. The van der Waals surface area contributed by atoms with Gasteiger partial charge in [0.15, 0.2) is 0 Å². The summed E-state index contributed by atoms with van der Waals surface area (Å²) in [5.74, 6) is 1.29. The summed E-state index contributed by atoms with van der Waals surface area (Å²) in [5.41, 5.74) is 1.40. The lowest BCUT2D eigenvalue weighted by Crippen LogP contribution is -2.49. The van der Waals surface area contributed by atoms with E-state index in [9.17, 15) is 4.79 Å². The molecule has 0 atom stereocenters. The van der Waals surface area contributed by atoms with Gasteiger partial charge >= 0.3 is 0 Å². The molecule has 1 aliphatic rings.